The van der Waals surface area contributed by atoms with Gasteiger partial charge in [-0.2, -0.15) is 0 Å². The van der Waals surface area contributed by atoms with E-state index in [1.54, 1.807) is 13.1 Å². The zero-order valence-electron chi connectivity index (χ0n) is 22.5. The van der Waals surface area contributed by atoms with Gasteiger partial charge in [-0.1, -0.05) is 6.07 Å². The molecule has 10 heteroatoms. The fourth-order valence-electron chi connectivity index (χ4n) is 5.79. The van der Waals surface area contributed by atoms with Crippen LogP contribution >= 0.6 is 0 Å². The van der Waals surface area contributed by atoms with Crippen LogP contribution in [0.4, 0.5) is 11.5 Å². The molecule has 0 saturated carbocycles. The normalized spacial score (nSPS) is 20.6. The van der Waals surface area contributed by atoms with Crippen LogP contribution in [-0.2, 0) is 9.59 Å². The molecule has 0 aromatic carbocycles. The van der Waals surface area contributed by atoms with E-state index in [2.05, 4.69) is 44.2 Å². The van der Waals surface area contributed by atoms with Gasteiger partial charge in [0.25, 0.3) is 0 Å². The van der Waals surface area contributed by atoms with Crippen LogP contribution in [0, 0.1) is 0 Å². The highest BCUT2D eigenvalue weighted by molar-refractivity contribution is 5.97. The summed E-state index contributed by atoms with van der Waals surface area (Å²) in [5.74, 6) is 1.01. The molecule has 0 spiro atoms. The van der Waals surface area contributed by atoms with E-state index < -0.39 is 0 Å². The van der Waals surface area contributed by atoms with Crippen LogP contribution in [0.15, 0.2) is 36.7 Å². The van der Waals surface area contributed by atoms with E-state index in [0.29, 0.717) is 12.1 Å². The Labute approximate surface area is 226 Å². The Kier molecular flexibility index (Phi) is 7.90. The van der Waals surface area contributed by atoms with Crippen LogP contribution in [-0.4, -0.2) is 94.5 Å². The number of hydrogen-bond donors (Lipinski definition) is 3. The molecule has 206 valence electrons. The van der Waals surface area contributed by atoms with Gasteiger partial charge in [0.05, 0.1) is 17.6 Å². The van der Waals surface area contributed by atoms with Gasteiger partial charge in [0.2, 0.25) is 11.8 Å². The molecule has 3 aromatic rings. The van der Waals surface area contributed by atoms with Crippen LogP contribution in [0.25, 0.3) is 22.3 Å². The van der Waals surface area contributed by atoms with Crippen LogP contribution < -0.4 is 15.5 Å². The van der Waals surface area contributed by atoms with Crippen molar-refractivity contribution < 1.29 is 12.4 Å². The first-order chi connectivity index (χ1) is 18.4. The number of hydrogen-bond acceptors (Lipinski definition) is 7. The summed E-state index contributed by atoms with van der Waals surface area (Å²) in [4.78, 5) is 44.0. The van der Waals surface area contributed by atoms with Crippen LogP contribution in [0.5, 0.6) is 0 Å². The van der Waals surface area contributed by atoms with Crippen molar-refractivity contribution in [2.75, 3.05) is 56.0 Å². The summed E-state index contributed by atoms with van der Waals surface area (Å²) in [5.41, 5.74) is 3.21. The molecule has 2 atom stereocenters. The second-order valence-corrected chi connectivity index (χ2v) is 10.5. The molecular formula is C28H42N8O2. The fraction of sp³-hybridized carbons (Fsp3) is 0.500. The third-order valence-electron chi connectivity index (χ3n) is 7.52. The van der Waals surface area contributed by atoms with Crippen LogP contribution in [0.1, 0.15) is 36.5 Å². The van der Waals surface area contributed by atoms with Gasteiger partial charge in [0, 0.05) is 84.7 Å². The Balaban J connectivity index is 0.00000220. The minimum Gasteiger partial charge on any atom is -0.352 e. The van der Waals surface area contributed by atoms with Crippen molar-refractivity contribution in [3.8, 4) is 11.3 Å². The quantitative estimate of drug-likeness (QED) is 0.437. The van der Waals surface area contributed by atoms with Gasteiger partial charge < -0.3 is 30.3 Å². The molecule has 5 heterocycles. The number of nitrogens with zero attached hydrogens (tertiary/aromatic N) is 5. The summed E-state index contributed by atoms with van der Waals surface area (Å²) in [5, 5.41) is 7.29. The lowest BCUT2D eigenvalue weighted by molar-refractivity contribution is -0.133. The molecule has 0 aliphatic carbocycles. The number of H-pyrrole nitrogens is 1. The highest BCUT2D eigenvalue weighted by atomic mass is 16.2. The Morgan fingerprint density at radius 3 is 2.66 bits per heavy atom. The molecular weight excluding hydrogens is 480 g/mol. The van der Waals surface area contributed by atoms with Crippen LogP contribution in [0.3, 0.4) is 0 Å². The number of aromatic amines is 1. The van der Waals surface area contributed by atoms with E-state index in [1.165, 1.54) is 0 Å². The van der Waals surface area contributed by atoms with E-state index in [0.717, 1.165) is 80.3 Å². The fourth-order valence-corrected chi connectivity index (χ4v) is 5.79. The molecule has 38 heavy (non-hydrogen) atoms. The van der Waals surface area contributed by atoms with E-state index in [9.17, 15) is 9.59 Å². The highest BCUT2D eigenvalue weighted by Gasteiger charge is 2.31. The molecule has 3 aromatic heterocycles. The molecule has 0 unspecified atom stereocenters. The predicted molar refractivity (Wildman–Crippen MR) is 154 cm³/mol. The Bertz CT molecular complexity index is 1280. The summed E-state index contributed by atoms with van der Waals surface area (Å²) in [6.45, 7) is 12.3. The minimum absolute atomic E-state index is 0. The standard InChI is InChI=1S/C28H38N8O2.2H2/c1-19-17-35(18-20(2)36(19)21(3)37)26-7-4-6-25(33-26)24-16-31-28-23(24)14-22(15-30-28)32-27(38)8-5-11-34-12-9-29-10-13-34;;/h4,6-7,14-16,19-20,29H,5,8-13,17-18H2,1-3H3,(H,30,31)(H,32,38);2*1H/t19-,20+;;. The van der Waals surface area contributed by atoms with E-state index in [1.807, 2.05) is 35.4 Å². The summed E-state index contributed by atoms with van der Waals surface area (Å²) in [7, 11) is 0. The number of piperazine rings is 2. The maximum atomic E-state index is 12.6. The van der Waals surface area contributed by atoms with Crippen molar-refractivity contribution in [3.63, 3.8) is 0 Å². The van der Waals surface area contributed by atoms with Crippen molar-refractivity contribution in [2.45, 2.75) is 45.7 Å². The number of rotatable bonds is 7. The van der Waals surface area contributed by atoms with Gasteiger partial charge in [-0.15, -0.1) is 0 Å². The molecule has 2 amide bonds. The largest absolute Gasteiger partial charge is 0.352 e. The highest BCUT2D eigenvalue weighted by Crippen LogP contribution is 2.30. The monoisotopic (exact) mass is 522 g/mol. The molecule has 0 bridgehead atoms. The van der Waals surface area contributed by atoms with Gasteiger partial charge in [-0.3, -0.25) is 9.59 Å². The molecule has 2 fully saturated rings. The number of pyridine rings is 2. The van der Waals surface area contributed by atoms with Gasteiger partial charge in [-0.05, 0) is 45.0 Å². The number of carbonyl (C=O) groups excluding carboxylic acids is 2. The number of amides is 2. The summed E-state index contributed by atoms with van der Waals surface area (Å²) in [6.07, 6.45) is 4.94. The third-order valence-corrected chi connectivity index (χ3v) is 7.52. The first kappa shape index (κ1) is 26.1. The maximum absolute atomic E-state index is 12.6. The van der Waals surface area contributed by atoms with Gasteiger partial charge >= 0.3 is 0 Å². The summed E-state index contributed by atoms with van der Waals surface area (Å²) < 4.78 is 0. The summed E-state index contributed by atoms with van der Waals surface area (Å²) in [6, 6.07) is 8.22. The van der Waals surface area contributed by atoms with Crippen molar-refractivity contribution in [1.29, 1.82) is 0 Å². The minimum atomic E-state index is 0. The summed E-state index contributed by atoms with van der Waals surface area (Å²) >= 11 is 0. The van der Waals surface area contributed by atoms with Gasteiger partial charge in [0.15, 0.2) is 0 Å². The van der Waals surface area contributed by atoms with Gasteiger partial charge in [0.1, 0.15) is 11.5 Å². The molecule has 2 saturated heterocycles. The van der Waals surface area contributed by atoms with E-state index in [-0.39, 0.29) is 26.8 Å². The Morgan fingerprint density at radius 2 is 1.92 bits per heavy atom. The van der Waals surface area contributed by atoms with Crippen molar-refractivity contribution in [2.24, 2.45) is 0 Å². The number of nitrogens with one attached hydrogen (secondary N) is 3. The van der Waals surface area contributed by atoms with Crippen molar-refractivity contribution in [3.05, 3.63) is 36.7 Å². The molecule has 10 nitrogen and oxygen atoms in total. The zero-order valence-corrected chi connectivity index (χ0v) is 22.5. The smallest absolute Gasteiger partial charge is 0.224 e. The number of fused-ring (bicyclic) bond motifs is 1. The lowest BCUT2D eigenvalue weighted by atomic mass is 10.1. The molecule has 5 rings (SSSR count). The van der Waals surface area contributed by atoms with E-state index in [4.69, 9.17) is 4.98 Å². The SMILES string of the molecule is CC(=O)N1[C@H](C)CN(c2cccc(-c3c[nH]c4ncc(NC(=O)CCCN5CCNCC5)cc34)n2)C[C@@H]1C.[HH].[HH]. The average Bonchev–Trinajstić information content (AvgIpc) is 3.32. The first-order valence-electron chi connectivity index (χ1n) is 13.6. The first-order valence-corrected chi connectivity index (χ1v) is 13.6. The maximum Gasteiger partial charge on any atom is 0.224 e. The lowest BCUT2D eigenvalue weighted by Crippen LogP contribution is -2.58. The Morgan fingerprint density at radius 1 is 1.16 bits per heavy atom. The molecule has 2 aliphatic rings. The molecule has 0 radical (unpaired) electrons. The number of carbonyl (C=O) groups is 2. The molecule has 3 N–H and O–H groups in total. The third kappa shape index (κ3) is 5.81. The predicted octanol–water partition coefficient (Wildman–Crippen LogP) is 3.19. The van der Waals surface area contributed by atoms with E-state index >= 15 is 0 Å². The Hall–Kier alpha value is -3.50. The topological polar surface area (TPSA) is 109 Å². The molecule has 2 aliphatic heterocycles. The zero-order chi connectivity index (χ0) is 26.6. The second kappa shape index (κ2) is 11.5. The van der Waals surface area contributed by atoms with Crippen molar-refractivity contribution in [1.82, 2.24) is 30.1 Å². The lowest BCUT2D eigenvalue weighted by Gasteiger charge is -2.44. The number of aromatic nitrogens is 3. The van der Waals surface area contributed by atoms with Gasteiger partial charge in [-0.25, -0.2) is 9.97 Å². The average molecular weight is 523 g/mol. The second-order valence-electron chi connectivity index (χ2n) is 10.5. The van der Waals surface area contributed by atoms with Crippen molar-refractivity contribution >= 4 is 34.4 Å². The van der Waals surface area contributed by atoms with Crippen LogP contribution in [0.2, 0.25) is 0 Å². The number of anilines is 2.